The number of nitrogens with two attached hydrogens (primary N) is 1. The summed E-state index contributed by atoms with van der Waals surface area (Å²) in [5.41, 5.74) is 2.36. The second-order valence-corrected chi connectivity index (χ2v) is 6.93. The van der Waals surface area contributed by atoms with E-state index in [0.717, 1.165) is 11.1 Å². The van der Waals surface area contributed by atoms with Gasteiger partial charge >= 0.3 is 0 Å². The van der Waals surface area contributed by atoms with Crippen molar-refractivity contribution in [2.24, 2.45) is 5.14 Å². The number of nitrogens with one attached hydrogen (secondary N) is 1. The van der Waals surface area contributed by atoms with Gasteiger partial charge in [0.25, 0.3) is 5.91 Å². The summed E-state index contributed by atoms with van der Waals surface area (Å²) in [5.74, 6) is 0.337. The molecular weight excluding hydrogens is 328 g/mol. The summed E-state index contributed by atoms with van der Waals surface area (Å²) >= 11 is 0. The van der Waals surface area contributed by atoms with E-state index in [1.54, 1.807) is 38.1 Å². The molecule has 0 aliphatic heterocycles. The highest BCUT2D eigenvalue weighted by Crippen LogP contribution is 2.24. The van der Waals surface area contributed by atoms with Gasteiger partial charge in [-0.3, -0.25) is 4.79 Å². The molecule has 1 amide bonds. The summed E-state index contributed by atoms with van der Waals surface area (Å²) in [4.78, 5) is 12.3. The molecule has 7 heteroatoms. The number of aryl methyl sites for hydroxylation is 1. The van der Waals surface area contributed by atoms with Crippen molar-refractivity contribution in [1.29, 1.82) is 0 Å². The maximum absolute atomic E-state index is 12.4. The van der Waals surface area contributed by atoms with Crippen LogP contribution >= 0.6 is 0 Å². The predicted molar refractivity (Wildman–Crippen MR) is 92.9 cm³/mol. The van der Waals surface area contributed by atoms with Crippen LogP contribution in [0.25, 0.3) is 0 Å². The molecule has 0 bridgehead atoms. The Morgan fingerprint density at radius 3 is 2.33 bits per heavy atom. The first-order valence-corrected chi connectivity index (χ1v) is 8.95. The van der Waals surface area contributed by atoms with Gasteiger partial charge in [-0.15, -0.1) is 0 Å². The minimum atomic E-state index is -3.84. The molecule has 128 valence electrons. The first kappa shape index (κ1) is 18.0. The Hall–Kier alpha value is -2.38. The summed E-state index contributed by atoms with van der Waals surface area (Å²) in [5, 5.41) is 7.91. The monoisotopic (exact) mass is 348 g/mol. The van der Waals surface area contributed by atoms with Crippen molar-refractivity contribution in [3.05, 3.63) is 53.1 Å². The van der Waals surface area contributed by atoms with Crippen LogP contribution in [-0.2, 0) is 10.0 Å². The molecule has 2 aromatic rings. The minimum Gasteiger partial charge on any atom is -0.494 e. The molecule has 2 rings (SSSR count). The van der Waals surface area contributed by atoms with Gasteiger partial charge in [0.15, 0.2) is 0 Å². The number of hydrogen-bond donors (Lipinski definition) is 2. The van der Waals surface area contributed by atoms with Crippen LogP contribution in [0.15, 0.2) is 41.3 Å². The number of rotatable bonds is 5. The highest BCUT2D eigenvalue weighted by molar-refractivity contribution is 7.89. The zero-order chi connectivity index (χ0) is 17.9. The van der Waals surface area contributed by atoms with Crippen molar-refractivity contribution < 1.29 is 17.9 Å². The standard InChI is InChI=1S/C17H20N2O4S/c1-4-23-14-7-5-13(6-8-14)17(20)19-16-10-15(24(18,21)22)9-11(2)12(16)3/h5-10H,4H2,1-3H3,(H,19,20)(H2,18,21,22). The van der Waals surface area contributed by atoms with Gasteiger partial charge in [-0.25, -0.2) is 13.6 Å². The normalized spacial score (nSPS) is 11.2. The number of primary sulfonamides is 1. The van der Waals surface area contributed by atoms with E-state index < -0.39 is 10.0 Å². The number of hydrogen-bond acceptors (Lipinski definition) is 4. The van der Waals surface area contributed by atoms with Crippen molar-refractivity contribution >= 4 is 21.6 Å². The van der Waals surface area contributed by atoms with Gasteiger partial charge in [0.1, 0.15) is 5.75 Å². The summed E-state index contributed by atoms with van der Waals surface area (Å²) in [6.45, 7) is 5.99. The molecule has 0 atom stereocenters. The van der Waals surface area contributed by atoms with E-state index in [4.69, 9.17) is 9.88 Å². The van der Waals surface area contributed by atoms with Crippen LogP contribution in [0, 0.1) is 13.8 Å². The van der Waals surface area contributed by atoms with Crippen molar-refractivity contribution in [3.8, 4) is 5.75 Å². The Morgan fingerprint density at radius 1 is 1.17 bits per heavy atom. The molecule has 0 unspecified atom stereocenters. The van der Waals surface area contributed by atoms with Gasteiger partial charge in [0.2, 0.25) is 10.0 Å². The molecule has 0 fully saturated rings. The Bertz CT molecular complexity index is 859. The van der Waals surface area contributed by atoms with E-state index in [1.807, 2.05) is 6.92 Å². The molecule has 2 aromatic carbocycles. The summed E-state index contributed by atoms with van der Waals surface area (Å²) in [6.07, 6.45) is 0. The van der Waals surface area contributed by atoms with Gasteiger partial charge in [-0.2, -0.15) is 0 Å². The van der Waals surface area contributed by atoms with Crippen molar-refractivity contribution in [3.63, 3.8) is 0 Å². The molecule has 24 heavy (non-hydrogen) atoms. The summed E-state index contributed by atoms with van der Waals surface area (Å²) < 4.78 is 28.4. The third kappa shape index (κ3) is 4.12. The number of ether oxygens (including phenoxy) is 1. The maximum atomic E-state index is 12.4. The third-order valence-corrected chi connectivity index (χ3v) is 4.54. The van der Waals surface area contributed by atoms with E-state index in [1.165, 1.54) is 12.1 Å². The van der Waals surface area contributed by atoms with Crippen LogP contribution in [0.4, 0.5) is 5.69 Å². The lowest BCUT2D eigenvalue weighted by atomic mass is 10.1. The summed E-state index contributed by atoms with van der Waals surface area (Å²) in [7, 11) is -3.84. The highest BCUT2D eigenvalue weighted by atomic mass is 32.2. The van der Waals surface area contributed by atoms with E-state index in [-0.39, 0.29) is 10.8 Å². The van der Waals surface area contributed by atoms with Crippen LogP contribution in [-0.4, -0.2) is 20.9 Å². The Morgan fingerprint density at radius 2 is 1.79 bits per heavy atom. The molecule has 0 aromatic heterocycles. The molecule has 3 N–H and O–H groups in total. The fraction of sp³-hybridized carbons (Fsp3) is 0.235. The fourth-order valence-electron chi connectivity index (χ4n) is 2.18. The molecule has 0 heterocycles. The second kappa shape index (κ2) is 7.02. The van der Waals surface area contributed by atoms with E-state index in [9.17, 15) is 13.2 Å². The van der Waals surface area contributed by atoms with E-state index in [2.05, 4.69) is 5.32 Å². The first-order chi connectivity index (χ1) is 11.2. The van der Waals surface area contributed by atoms with Gasteiger partial charge < -0.3 is 10.1 Å². The smallest absolute Gasteiger partial charge is 0.255 e. The fourth-order valence-corrected chi connectivity index (χ4v) is 2.81. The molecule has 0 saturated heterocycles. The molecule has 0 radical (unpaired) electrons. The Kier molecular flexibility index (Phi) is 5.26. The largest absolute Gasteiger partial charge is 0.494 e. The molecule has 6 nitrogen and oxygen atoms in total. The van der Waals surface area contributed by atoms with E-state index >= 15 is 0 Å². The van der Waals surface area contributed by atoms with Gasteiger partial charge in [-0.1, -0.05) is 0 Å². The van der Waals surface area contributed by atoms with Crippen LogP contribution in [0.2, 0.25) is 0 Å². The highest BCUT2D eigenvalue weighted by Gasteiger charge is 2.15. The maximum Gasteiger partial charge on any atom is 0.255 e. The average molecular weight is 348 g/mol. The predicted octanol–water partition coefficient (Wildman–Crippen LogP) is 2.60. The van der Waals surface area contributed by atoms with Crippen LogP contribution in [0.1, 0.15) is 28.4 Å². The number of carbonyl (C=O) groups excluding carboxylic acids is 1. The molecule has 0 spiro atoms. The number of benzene rings is 2. The topological polar surface area (TPSA) is 98.5 Å². The van der Waals surface area contributed by atoms with Crippen LogP contribution < -0.4 is 15.2 Å². The Balaban J connectivity index is 2.30. The zero-order valence-corrected chi connectivity index (χ0v) is 14.6. The average Bonchev–Trinajstić information content (AvgIpc) is 2.51. The lowest BCUT2D eigenvalue weighted by molar-refractivity contribution is 0.102. The molecule has 0 aliphatic rings. The number of anilines is 1. The van der Waals surface area contributed by atoms with Crippen molar-refractivity contribution in [2.45, 2.75) is 25.7 Å². The molecular formula is C17H20N2O4S. The second-order valence-electron chi connectivity index (χ2n) is 5.37. The number of carbonyl (C=O) groups is 1. The lowest BCUT2D eigenvalue weighted by Crippen LogP contribution is -2.16. The number of amides is 1. The van der Waals surface area contributed by atoms with Gasteiger partial charge in [-0.05, 0) is 68.3 Å². The Labute approximate surface area is 141 Å². The quantitative estimate of drug-likeness (QED) is 0.867. The molecule has 0 saturated carbocycles. The van der Waals surface area contributed by atoms with Crippen molar-refractivity contribution in [2.75, 3.05) is 11.9 Å². The minimum absolute atomic E-state index is 0.0346. The van der Waals surface area contributed by atoms with Crippen LogP contribution in [0.3, 0.4) is 0 Å². The van der Waals surface area contributed by atoms with Crippen molar-refractivity contribution in [1.82, 2.24) is 0 Å². The molecule has 0 aliphatic carbocycles. The lowest BCUT2D eigenvalue weighted by Gasteiger charge is -2.13. The third-order valence-electron chi connectivity index (χ3n) is 3.65. The number of sulfonamides is 1. The van der Waals surface area contributed by atoms with Gasteiger partial charge in [0.05, 0.1) is 11.5 Å². The van der Waals surface area contributed by atoms with Gasteiger partial charge in [0, 0.05) is 11.3 Å². The van der Waals surface area contributed by atoms with Crippen LogP contribution in [0.5, 0.6) is 5.75 Å². The zero-order valence-electron chi connectivity index (χ0n) is 13.8. The first-order valence-electron chi connectivity index (χ1n) is 7.40. The summed E-state index contributed by atoms with van der Waals surface area (Å²) in [6, 6.07) is 9.55. The SMILES string of the molecule is CCOc1ccc(C(=O)Nc2cc(S(N)(=O)=O)cc(C)c2C)cc1. The van der Waals surface area contributed by atoms with E-state index in [0.29, 0.717) is 23.6 Å².